The summed E-state index contributed by atoms with van der Waals surface area (Å²) in [4.78, 5) is 26.3. The molecule has 0 radical (unpaired) electrons. The quantitative estimate of drug-likeness (QED) is 0.633. The Hall–Kier alpha value is -3.74. The van der Waals surface area contributed by atoms with Crippen molar-refractivity contribution >= 4 is 17.5 Å². The van der Waals surface area contributed by atoms with E-state index in [1.807, 2.05) is 0 Å². The molecule has 0 heterocycles. The monoisotopic (exact) mass is 410 g/mol. The fourth-order valence-corrected chi connectivity index (χ4v) is 2.82. The number of nitrogens with zero attached hydrogens (tertiary/aromatic N) is 1. The Morgan fingerprint density at radius 2 is 1.53 bits per heavy atom. The summed E-state index contributed by atoms with van der Waals surface area (Å²) in [7, 11) is 1.55. The third-order valence-corrected chi connectivity index (χ3v) is 4.34. The first-order valence-electron chi connectivity index (χ1n) is 9.21. The molecular weight excluding hydrogens is 390 g/mol. The van der Waals surface area contributed by atoms with E-state index in [0.717, 1.165) is 0 Å². The standard InChI is InChI=1S/C23H20F2N2O3/c1-27(14-16-8-2-4-10-18(16)24)23(29)17-9-3-7-13-21(17)30-15-22(28)26-20-12-6-5-11-19(20)25/h2-13H,14-15H2,1H3,(H,26,28). The number of hydrogen-bond acceptors (Lipinski definition) is 3. The van der Waals surface area contributed by atoms with Crippen molar-refractivity contribution in [3.8, 4) is 5.75 Å². The van der Waals surface area contributed by atoms with Crippen molar-refractivity contribution < 1.29 is 23.1 Å². The van der Waals surface area contributed by atoms with E-state index < -0.39 is 24.1 Å². The number of carbonyl (C=O) groups excluding carboxylic acids is 2. The van der Waals surface area contributed by atoms with E-state index >= 15 is 0 Å². The van der Waals surface area contributed by atoms with Crippen molar-refractivity contribution in [2.45, 2.75) is 6.54 Å². The lowest BCUT2D eigenvalue weighted by molar-refractivity contribution is -0.118. The van der Waals surface area contributed by atoms with Gasteiger partial charge in [0.15, 0.2) is 6.61 Å². The fraction of sp³-hybridized carbons (Fsp3) is 0.130. The van der Waals surface area contributed by atoms with E-state index in [1.54, 1.807) is 55.6 Å². The number of anilines is 1. The van der Waals surface area contributed by atoms with Gasteiger partial charge in [-0.15, -0.1) is 0 Å². The van der Waals surface area contributed by atoms with Crippen LogP contribution in [0.4, 0.5) is 14.5 Å². The van der Waals surface area contributed by atoms with E-state index in [9.17, 15) is 18.4 Å². The van der Waals surface area contributed by atoms with E-state index in [2.05, 4.69) is 5.32 Å². The smallest absolute Gasteiger partial charge is 0.262 e. The molecule has 0 saturated heterocycles. The molecule has 0 bridgehead atoms. The third-order valence-electron chi connectivity index (χ3n) is 4.34. The predicted octanol–water partition coefficient (Wildman–Crippen LogP) is 4.25. The van der Waals surface area contributed by atoms with Crippen molar-refractivity contribution in [1.29, 1.82) is 0 Å². The van der Waals surface area contributed by atoms with Crippen LogP contribution in [0.1, 0.15) is 15.9 Å². The minimum Gasteiger partial charge on any atom is -0.483 e. The van der Waals surface area contributed by atoms with Crippen LogP contribution in [-0.4, -0.2) is 30.4 Å². The van der Waals surface area contributed by atoms with Crippen molar-refractivity contribution in [1.82, 2.24) is 4.90 Å². The maximum absolute atomic E-state index is 13.9. The van der Waals surface area contributed by atoms with Gasteiger partial charge in [0.2, 0.25) is 0 Å². The summed E-state index contributed by atoms with van der Waals surface area (Å²) in [5.74, 6) is -1.71. The zero-order valence-corrected chi connectivity index (χ0v) is 16.3. The molecule has 3 rings (SSSR count). The van der Waals surface area contributed by atoms with Crippen LogP contribution in [0.15, 0.2) is 72.8 Å². The zero-order chi connectivity index (χ0) is 21.5. The van der Waals surface area contributed by atoms with Crippen molar-refractivity contribution in [2.24, 2.45) is 0 Å². The Morgan fingerprint density at radius 1 is 0.900 bits per heavy atom. The van der Waals surface area contributed by atoms with Crippen LogP contribution in [0, 0.1) is 11.6 Å². The number of benzene rings is 3. The molecule has 5 nitrogen and oxygen atoms in total. The summed E-state index contributed by atoms with van der Waals surface area (Å²) in [5, 5.41) is 2.41. The van der Waals surface area contributed by atoms with Crippen LogP contribution in [-0.2, 0) is 11.3 Å². The number of para-hydroxylation sites is 2. The highest BCUT2D eigenvalue weighted by molar-refractivity contribution is 5.97. The van der Waals surface area contributed by atoms with Gasteiger partial charge in [0, 0.05) is 19.2 Å². The van der Waals surface area contributed by atoms with Crippen LogP contribution >= 0.6 is 0 Å². The van der Waals surface area contributed by atoms with Gasteiger partial charge in [0.1, 0.15) is 17.4 Å². The van der Waals surface area contributed by atoms with Gasteiger partial charge in [-0.2, -0.15) is 0 Å². The normalized spacial score (nSPS) is 10.4. The van der Waals surface area contributed by atoms with Gasteiger partial charge < -0.3 is 15.0 Å². The number of rotatable bonds is 7. The molecule has 0 aliphatic heterocycles. The molecule has 2 amide bonds. The summed E-state index contributed by atoms with van der Waals surface area (Å²) >= 11 is 0. The number of halogens is 2. The average molecular weight is 410 g/mol. The topological polar surface area (TPSA) is 58.6 Å². The largest absolute Gasteiger partial charge is 0.483 e. The molecule has 0 unspecified atom stereocenters. The van der Waals surface area contributed by atoms with Gasteiger partial charge in [-0.05, 0) is 30.3 Å². The molecular formula is C23H20F2N2O3. The minimum absolute atomic E-state index is 0.0417. The average Bonchev–Trinajstić information content (AvgIpc) is 2.75. The number of ether oxygens (including phenoxy) is 1. The lowest BCUT2D eigenvalue weighted by Gasteiger charge is -2.19. The highest BCUT2D eigenvalue weighted by Crippen LogP contribution is 2.21. The van der Waals surface area contributed by atoms with Gasteiger partial charge in [-0.3, -0.25) is 9.59 Å². The fourth-order valence-electron chi connectivity index (χ4n) is 2.82. The summed E-state index contributed by atoms with van der Waals surface area (Å²) in [6.07, 6.45) is 0. The summed E-state index contributed by atoms with van der Waals surface area (Å²) in [6, 6.07) is 18.4. The van der Waals surface area contributed by atoms with Gasteiger partial charge in [0.25, 0.3) is 11.8 Å². The number of hydrogen-bond donors (Lipinski definition) is 1. The van der Waals surface area contributed by atoms with Crippen molar-refractivity contribution in [2.75, 3.05) is 19.0 Å². The van der Waals surface area contributed by atoms with Gasteiger partial charge in [-0.1, -0.05) is 42.5 Å². The first-order chi connectivity index (χ1) is 14.5. The van der Waals surface area contributed by atoms with Gasteiger partial charge in [0.05, 0.1) is 11.3 Å². The molecule has 154 valence electrons. The van der Waals surface area contributed by atoms with E-state index in [1.165, 1.54) is 29.2 Å². The number of carbonyl (C=O) groups is 2. The first kappa shape index (κ1) is 21.0. The Balaban J connectivity index is 1.66. The number of amides is 2. The Morgan fingerprint density at radius 3 is 2.27 bits per heavy atom. The van der Waals surface area contributed by atoms with Gasteiger partial charge >= 0.3 is 0 Å². The predicted molar refractivity (Wildman–Crippen MR) is 109 cm³/mol. The van der Waals surface area contributed by atoms with Crippen LogP contribution in [0.25, 0.3) is 0 Å². The second-order valence-electron chi connectivity index (χ2n) is 6.57. The molecule has 0 atom stereocenters. The molecule has 30 heavy (non-hydrogen) atoms. The third kappa shape index (κ3) is 5.20. The molecule has 0 spiro atoms. The van der Waals surface area contributed by atoms with E-state index in [-0.39, 0.29) is 29.5 Å². The lowest BCUT2D eigenvalue weighted by atomic mass is 10.1. The first-order valence-corrected chi connectivity index (χ1v) is 9.21. The molecule has 0 aliphatic carbocycles. The molecule has 0 aliphatic rings. The summed E-state index contributed by atoms with van der Waals surface area (Å²) in [6.45, 7) is -0.330. The molecule has 0 saturated carbocycles. The molecule has 0 aromatic heterocycles. The summed E-state index contributed by atoms with van der Waals surface area (Å²) < 4.78 is 33.0. The SMILES string of the molecule is CN(Cc1ccccc1F)C(=O)c1ccccc1OCC(=O)Nc1ccccc1F. The summed E-state index contributed by atoms with van der Waals surface area (Å²) in [5.41, 5.74) is 0.658. The van der Waals surface area contributed by atoms with Crippen LogP contribution in [0.5, 0.6) is 5.75 Å². The van der Waals surface area contributed by atoms with Crippen LogP contribution in [0.2, 0.25) is 0 Å². The van der Waals surface area contributed by atoms with Crippen molar-refractivity contribution in [3.05, 3.63) is 95.6 Å². The molecule has 3 aromatic rings. The Labute approximate surface area is 172 Å². The van der Waals surface area contributed by atoms with Crippen LogP contribution in [0.3, 0.4) is 0 Å². The Kier molecular flexibility index (Phi) is 6.75. The molecule has 0 fully saturated rings. The second-order valence-corrected chi connectivity index (χ2v) is 6.57. The van der Waals surface area contributed by atoms with Crippen LogP contribution < -0.4 is 10.1 Å². The number of nitrogens with one attached hydrogen (secondary N) is 1. The van der Waals surface area contributed by atoms with Crippen molar-refractivity contribution in [3.63, 3.8) is 0 Å². The Bertz CT molecular complexity index is 1060. The zero-order valence-electron chi connectivity index (χ0n) is 16.3. The second kappa shape index (κ2) is 9.65. The van der Waals surface area contributed by atoms with Gasteiger partial charge in [-0.25, -0.2) is 8.78 Å². The molecule has 7 heteroatoms. The maximum atomic E-state index is 13.9. The lowest BCUT2D eigenvalue weighted by Crippen LogP contribution is -2.28. The molecule has 3 aromatic carbocycles. The van der Waals surface area contributed by atoms with E-state index in [0.29, 0.717) is 5.56 Å². The minimum atomic E-state index is -0.568. The van der Waals surface area contributed by atoms with E-state index in [4.69, 9.17) is 4.74 Å². The maximum Gasteiger partial charge on any atom is 0.262 e. The molecule has 1 N–H and O–H groups in total. The highest BCUT2D eigenvalue weighted by atomic mass is 19.1. The highest BCUT2D eigenvalue weighted by Gasteiger charge is 2.18.